The third-order valence-corrected chi connectivity index (χ3v) is 4.62. The number of aliphatic hydroxyl groups excluding tert-OH is 1. The Morgan fingerprint density at radius 3 is 2.47 bits per heavy atom. The van der Waals surface area contributed by atoms with Crippen LogP contribution in [0.4, 0.5) is 0 Å². The molecule has 0 fully saturated rings. The monoisotopic (exact) mass is 336 g/mol. The Bertz CT molecular complexity index is 567. The molecule has 0 aliphatic heterocycles. The molecule has 19 heavy (non-hydrogen) atoms. The van der Waals surface area contributed by atoms with Gasteiger partial charge in [0.2, 0.25) is 0 Å². The Hall–Kier alpha value is -0.900. The molecule has 0 saturated heterocycles. The molecule has 1 aromatic carbocycles. The van der Waals surface area contributed by atoms with Crippen LogP contribution in [0.1, 0.15) is 18.7 Å². The molecule has 100 valence electrons. The van der Waals surface area contributed by atoms with Gasteiger partial charge in [0.1, 0.15) is 0 Å². The molecule has 0 aliphatic rings. The van der Waals surface area contributed by atoms with Gasteiger partial charge >= 0.3 is 0 Å². The van der Waals surface area contributed by atoms with Crippen LogP contribution >= 0.6 is 27.3 Å². The molecule has 0 unspecified atom stereocenters. The number of hydrogen-bond donors (Lipinski definition) is 1. The van der Waals surface area contributed by atoms with Crippen LogP contribution in [0.15, 0.2) is 46.4 Å². The second kappa shape index (κ2) is 6.51. The van der Waals surface area contributed by atoms with E-state index in [2.05, 4.69) is 72.3 Å². The summed E-state index contributed by atoms with van der Waals surface area (Å²) >= 11 is 5.20. The molecule has 0 aliphatic carbocycles. The van der Waals surface area contributed by atoms with Gasteiger partial charge in [-0.1, -0.05) is 41.9 Å². The molecule has 0 radical (unpaired) electrons. The maximum atomic E-state index is 9.34. The predicted octanol–water partition coefficient (Wildman–Crippen LogP) is 5.21. The fourth-order valence-electron chi connectivity index (χ4n) is 1.78. The standard InChI is InChI=1S/C16H17BrOS/c1-11(2)13(10-18)9-15-7-8-16(19-15)12-3-5-14(17)6-4-12/h3-9,11,18H,10H2,1-2H3. The smallest absolute Gasteiger partial charge is 0.0647 e. The molecular formula is C16H17BrOS. The summed E-state index contributed by atoms with van der Waals surface area (Å²) in [5.41, 5.74) is 2.30. The zero-order valence-corrected chi connectivity index (χ0v) is 13.5. The first-order valence-corrected chi connectivity index (χ1v) is 7.88. The summed E-state index contributed by atoms with van der Waals surface area (Å²) in [5.74, 6) is 0.378. The van der Waals surface area contributed by atoms with E-state index in [0.717, 1.165) is 10.0 Å². The van der Waals surface area contributed by atoms with Gasteiger partial charge in [0.05, 0.1) is 6.61 Å². The molecule has 1 aromatic heterocycles. The van der Waals surface area contributed by atoms with Crippen LogP contribution in [-0.4, -0.2) is 11.7 Å². The Morgan fingerprint density at radius 2 is 1.89 bits per heavy atom. The van der Waals surface area contributed by atoms with Crippen molar-refractivity contribution in [3.05, 3.63) is 51.3 Å². The lowest BCUT2D eigenvalue weighted by Crippen LogP contribution is -1.98. The Kier molecular flexibility index (Phi) is 4.97. The number of thiophene rings is 1. The predicted molar refractivity (Wildman–Crippen MR) is 87.4 cm³/mol. The second-order valence-electron chi connectivity index (χ2n) is 4.74. The first-order chi connectivity index (χ1) is 9.10. The van der Waals surface area contributed by atoms with E-state index in [-0.39, 0.29) is 6.61 Å². The van der Waals surface area contributed by atoms with Gasteiger partial charge in [-0.25, -0.2) is 0 Å². The highest BCUT2D eigenvalue weighted by atomic mass is 79.9. The molecule has 0 saturated carbocycles. The quantitative estimate of drug-likeness (QED) is 0.812. The van der Waals surface area contributed by atoms with E-state index in [1.165, 1.54) is 15.3 Å². The zero-order chi connectivity index (χ0) is 13.8. The van der Waals surface area contributed by atoms with Crippen molar-refractivity contribution in [1.29, 1.82) is 0 Å². The Balaban J connectivity index is 2.26. The average Bonchev–Trinajstić information content (AvgIpc) is 2.85. The minimum absolute atomic E-state index is 0.128. The first kappa shape index (κ1) is 14.5. The largest absolute Gasteiger partial charge is 0.392 e. The summed E-state index contributed by atoms with van der Waals surface area (Å²) in [6, 6.07) is 12.6. The summed E-state index contributed by atoms with van der Waals surface area (Å²) in [4.78, 5) is 2.44. The second-order valence-corrected chi connectivity index (χ2v) is 6.77. The van der Waals surface area contributed by atoms with Crippen molar-refractivity contribution >= 4 is 33.3 Å². The highest BCUT2D eigenvalue weighted by Gasteiger charge is 2.05. The molecule has 1 nitrogen and oxygen atoms in total. The number of halogens is 1. The van der Waals surface area contributed by atoms with Crippen LogP contribution < -0.4 is 0 Å². The molecule has 1 heterocycles. The van der Waals surface area contributed by atoms with Gasteiger partial charge < -0.3 is 5.11 Å². The van der Waals surface area contributed by atoms with E-state index in [1.807, 2.05) is 0 Å². The summed E-state index contributed by atoms with van der Waals surface area (Å²) in [6.45, 7) is 4.33. The average molecular weight is 337 g/mol. The van der Waals surface area contributed by atoms with E-state index >= 15 is 0 Å². The van der Waals surface area contributed by atoms with Crippen LogP contribution in [0.25, 0.3) is 16.5 Å². The number of aliphatic hydroxyl groups is 1. The van der Waals surface area contributed by atoms with Gasteiger partial charge in [-0.15, -0.1) is 11.3 Å². The minimum Gasteiger partial charge on any atom is -0.392 e. The fourth-order valence-corrected chi connectivity index (χ4v) is 3.03. The third-order valence-electron chi connectivity index (χ3n) is 3.01. The summed E-state index contributed by atoms with van der Waals surface area (Å²) in [6.07, 6.45) is 2.09. The van der Waals surface area contributed by atoms with Crippen LogP contribution in [0, 0.1) is 5.92 Å². The van der Waals surface area contributed by atoms with Gasteiger partial charge in [0.25, 0.3) is 0 Å². The minimum atomic E-state index is 0.128. The SMILES string of the molecule is CC(C)C(=Cc1ccc(-c2ccc(Br)cc2)s1)CO. The molecule has 0 atom stereocenters. The van der Waals surface area contributed by atoms with Crippen molar-refractivity contribution in [2.24, 2.45) is 5.92 Å². The third kappa shape index (κ3) is 3.78. The molecule has 0 amide bonds. The molecule has 2 aromatic rings. The fraction of sp³-hybridized carbons (Fsp3) is 0.250. The first-order valence-electron chi connectivity index (χ1n) is 6.27. The maximum Gasteiger partial charge on any atom is 0.0647 e. The van der Waals surface area contributed by atoms with E-state index in [1.54, 1.807) is 11.3 Å². The normalized spacial score (nSPS) is 12.2. The van der Waals surface area contributed by atoms with Crippen molar-refractivity contribution in [3.8, 4) is 10.4 Å². The van der Waals surface area contributed by atoms with E-state index in [4.69, 9.17) is 0 Å². The number of benzene rings is 1. The maximum absolute atomic E-state index is 9.34. The molecule has 1 N–H and O–H groups in total. The lowest BCUT2D eigenvalue weighted by Gasteiger charge is -2.06. The topological polar surface area (TPSA) is 20.2 Å². The van der Waals surface area contributed by atoms with E-state index in [0.29, 0.717) is 5.92 Å². The lowest BCUT2D eigenvalue weighted by atomic mass is 10.0. The molecule has 3 heteroatoms. The van der Waals surface area contributed by atoms with Crippen molar-refractivity contribution in [1.82, 2.24) is 0 Å². The highest BCUT2D eigenvalue weighted by molar-refractivity contribution is 9.10. The Labute approximate surface area is 126 Å². The van der Waals surface area contributed by atoms with Gasteiger partial charge in [0.15, 0.2) is 0 Å². The highest BCUT2D eigenvalue weighted by Crippen LogP contribution is 2.30. The van der Waals surface area contributed by atoms with Crippen LogP contribution in [0.5, 0.6) is 0 Å². The molecular weight excluding hydrogens is 320 g/mol. The van der Waals surface area contributed by atoms with Gasteiger partial charge in [-0.05, 0) is 47.4 Å². The van der Waals surface area contributed by atoms with Crippen LogP contribution in [-0.2, 0) is 0 Å². The summed E-state index contributed by atoms with van der Waals surface area (Å²) < 4.78 is 1.09. The summed E-state index contributed by atoms with van der Waals surface area (Å²) in [5, 5.41) is 9.34. The van der Waals surface area contributed by atoms with Gasteiger partial charge in [-0.3, -0.25) is 0 Å². The van der Waals surface area contributed by atoms with Crippen molar-refractivity contribution in [3.63, 3.8) is 0 Å². The zero-order valence-electron chi connectivity index (χ0n) is 11.1. The summed E-state index contributed by atoms with van der Waals surface area (Å²) in [7, 11) is 0. The number of rotatable bonds is 4. The lowest BCUT2D eigenvalue weighted by molar-refractivity contribution is 0.320. The number of hydrogen-bond acceptors (Lipinski definition) is 2. The van der Waals surface area contributed by atoms with E-state index < -0.39 is 0 Å². The van der Waals surface area contributed by atoms with E-state index in [9.17, 15) is 5.11 Å². The van der Waals surface area contributed by atoms with Gasteiger partial charge in [0, 0.05) is 14.2 Å². The van der Waals surface area contributed by atoms with Crippen molar-refractivity contribution in [2.45, 2.75) is 13.8 Å². The Morgan fingerprint density at radius 1 is 1.21 bits per heavy atom. The van der Waals surface area contributed by atoms with Crippen molar-refractivity contribution in [2.75, 3.05) is 6.61 Å². The van der Waals surface area contributed by atoms with Gasteiger partial charge in [-0.2, -0.15) is 0 Å². The van der Waals surface area contributed by atoms with Crippen molar-refractivity contribution < 1.29 is 5.11 Å². The molecule has 0 spiro atoms. The van der Waals surface area contributed by atoms with Crippen LogP contribution in [0.2, 0.25) is 0 Å². The molecule has 2 rings (SSSR count). The van der Waals surface area contributed by atoms with Crippen LogP contribution in [0.3, 0.4) is 0 Å². The molecule has 0 bridgehead atoms.